The number of nitrogens with one attached hydrogen (secondary N) is 1. The van der Waals surface area contributed by atoms with Crippen molar-refractivity contribution in [1.82, 2.24) is 19.5 Å². The maximum absolute atomic E-state index is 13.7. The van der Waals surface area contributed by atoms with Crippen molar-refractivity contribution in [2.24, 2.45) is 0 Å². The van der Waals surface area contributed by atoms with Gasteiger partial charge in [0.15, 0.2) is 19.1 Å². The molecule has 0 amide bonds. The summed E-state index contributed by atoms with van der Waals surface area (Å²) in [6, 6.07) is 61.1. The molecule has 2 aromatic heterocycles. The number of hydrogen-bond donors (Lipinski definition) is 1. The number of rotatable bonds is 37. The van der Waals surface area contributed by atoms with E-state index < -0.39 is 31.2 Å². The smallest absolute Gasteiger partial charge is 0.777 e. The van der Waals surface area contributed by atoms with Crippen LogP contribution in [0.15, 0.2) is 195 Å². The van der Waals surface area contributed by atoms with Gasteiger partial charge in [0.05, 0.1) is 38.8 Å². The number of benzene rings is 6. The Hall–Kier alpha value is -5.30. The average molecular weight is 1110 g/mol. The van der Waals surface area contributed by atoms with Crippen LogP contribution in [-0.2, 0) is 41.0 Å². The molecule has 0 aliphatic carbocycles. The van der Waals surface area contributed by atoms with E-state index in [1.165, 1.54) is 96.2 Å². The Morgan fingerprint density at radius 3 is 1.38 bits per heavy atom. The second-order valence-corrected chi connectivity index (χ2v) is 22.4. The van der Waals surface area contributed by atoms with Crippen molar-refractivity contribution in [3.63, 3.8) is 0 Å². The SMILES string of the molecule is CCCCCCCCCCCCCCCCCCOCCOP(=O)([O-])CO[C@H](COC(c1ccccc1)(c1ccccc1)c1ccccc1)Cn1cnc2c(NC(c3ccccc3)(c3ccccc3)c3ccccc3)ncnc21.[Na+]. The molecule has 8 rings (SSSR count). The number of nitrogens with zero attached hydrogens (tertiary/aromatic N) is 4. The zero-order chi connectivity index (χ0) is 54.7. The Kier molecular flexibility index (Phi) is 26.2. The topological polar surface area (TPSA) is 133 Å². The molecule has 0 aliphatic heterocycles. The molecule has 13 heteroatoms. The van der Waals surface area contributed by atoms with Crippen LogP contribution in [-0.4, -0.2) is 58.4 Å². The molecule has 416 valence electrons. The Labute approximate surface area is 498 Å². The summed E-state index contributed by atoms with van der Waals surface area (Å²) in [5.74, 6) is 0.514. The molecule has 8 aromatic rings. The zero-order valence-electron chi connectivity index (χ0n) is 47.3. The van der Waals surface area contributed by atoms with Crippen LogP contribution >= 0.6 is 7.60 Å². The van der Waals surface area contributed by atoms with Gasteiger partial charge < -0.3 is 38.1 Å². The number of anilines is 1. The first-order valence-corrected chi connectivity index (χ1v) is 30.7. The largest absolute Gasteiger partial charge is 1.00 e. The molecule has 2 heterocycles. The minimum absolute atomic E-state index is 0. The maximum Gasteiger partial charge on any atom is 1.00 e. The molecule has 1 unspecified atom stereocenters. The van der Waals surface area contributed by atoms with E-state index in [4.69, 9.17) is 33.7 Å². The Morgan fingerprint density at radius 2 is 0.938 bits per heavy atom. The zero-order valence-corrected chi connectivity index (χ0v) is 50.2. The van der Waals surface area contributed by atoms with Gasteiger partial charge in [-0.15, -0.1) is 0 Å². The summed E-state index contributed by atoms with van der Waals surface area (Å²) in [5, 5.41) is 3.87. The average Bonchev–Trinajstić information content (AvgIpc) is 3.93. The van der Waals surface area contributed by atoms with E-state index in [0.717, 1.165) is 46.2 Å². The molecule has 1 N–H and O–H groups in total. The third-order valence-electron chi connectivity index (χ3n) is 14.9. The van der Waals surface area contributed by atoms with Gasteiger partial charge in [-0.2, -0.15) is 0 Å². The van der Waals surface area contributed by atoms with Crippen LogP contribution in [0.1, 0.15) is 143 Å². The summed E-state index contributed by atoms with van der Waals surface area (Å²) >= 11 is 0. The van der Waals surface area contributed by atoms with Crippen LogP contribution in [0.25, 0.3) is 11.2 Å². The van der Waals surface area contributed by atoms with Crippen LogP contribution in [0.2, 0.25) is 0 Å². The van der Waals surface area contributed by atoms with E-state index in [0.29, 0.717) is 23.6 Å². The number of aromatic nitrogens is 4. The first kappa shape index (κ1) is 62.3. The normalized spacial score (nSPS) is 12.9. The number of ether oxygens (including phenoxy) is 3. The minimum atomic E-state index is -4.50. The van der Waals surface area contributed by atoms with E-state index in [1.807, 2.05) is 150 Å². The van der Waals surface area contributed by atoms with Crippen LogP contribution in [0.4, 0.5) is 5.82 Å². The fourth-order valence-electron chi connectivity index (χ4n) is 10.7. The molecule has 0 saturated carbocycles. The van der Waals surface area contributed by atoms with Crippen molar-refractivity contribution in [3.05, 3.63) is 228 Å². The van der Waals surface area contributed by atoms with Gasteiger partial charge in [0.25, 0.3) is 0 Å². The third-order valence-corrected chi connectivity index (χ3v) is 15.9. The summed E-state index contributed by atoms with van der Waals surface area (Å²) in [5.41, 5.74) is 4.81. The first-order chi connectivity index (χ1) is 38.9. The molecule has 2 atom stereocenters. The van der Waals surface area contributed by atoms with Crippen LogP contribution < -0.4 is 39.8 Å². The maximum atomic E-state index is 13.7. The fraction of sp³-hybridized carbons (Fsp3) is 0.388. The van der Waals surface area contributed by atoms with E-state index in [9.17, 15) is 9.46 Å². The summed E-state index contributed by atoms with van der Waals surface area (Å²) in [6.45, 7) is 3.01. The monoisotopic (exact) mass is 1110 g/mol. The quantitative estimate of drug-likeness (QED) is 0.0174. The van der Waals surface area contributed by atoms with Crippen molar-refractivity contribution >= 4 is 24.6 Å². The minimum Gasteiger partial charge on any atom is -0.777 e. The van der Waals surface area contributed by atoms with Crippen molar-refractivity contribution in [1.29, 1.82) is 0 Å². The van der Waals surface area contributed by atoms with Gasteiger partial charge in [0.2, 0.25) is 0 Å². The van der Waals surface area contributed by atoms with Crippen LogP contribution in [0.5, 0.6) is 0 Å². The molecule has 0 bridgehead atoms. The van der Waals surface area contributed by atoms with Crippen molar-refractivity contribution < 1.29 is 57.8 Å². The fourth-order valence-corrected chi connectivity index (χ4v) is 11.6. The molecule has 0 saturated heterocycles. The van der Waals surface area contributed by atoms with E-state index in [-0.39, 0.29) is 55.9 Å². The second-order valence-electron chi connectivity index (χ2n) is 20.6. The first-order valence-electron chi connectivity index (χ1n) is 29.0. The summed E-state index contributed by atoms with van der Waals surface area (Å²) in [6.07, 6.45) is 22.6. The van der Waals surface area contributed by atoms with E-state index in [1.54, 1.807) is 6.33 Å². The van der Waals surface area contributed by atoms with Gasteiger partial charge in [0, 0.05) is 6.61 Å². The molecular weight excluding hydrogens is 1020 g/mol. The van der Waals surface area contributed by atoms with Crippen molar-refractivity contribution in [2.45, 2.75) is 133 Å². The molecule has 0 aliphatic rings. The van der Waals surface area contributed by atoms with Gasteiger partial charge in [-0.3, -0.25) is 0 Å². The van der Waals surface area contributed by atoms with Gasteiger partial charge >= 0.3 is 29.6 Å². The predicted molar refractivity (Wildman–Crippen MR) is 317 cm³/mol. The summed E-state index contributed by atoms with van der Waals surface area (Å²) < 4.78 is 40.6. The molecular formula is C67H81N5NaO6P. The van der Waals surface area contributed by atoms with Gasteiger partial charge in [-0.05, 0) is 39.8 Å². The third kappa shape index (κ3) is 17.6. The molecule has 11 nitrogen and oxygen atoms in total. The predicted octanol–water partition coefficient (Wildman–Crippen LogP) is 12.4. The van der Waals surface area contributed by atoms with Gasteiger partial charge in [-0.25, -0.2) is 15.0 Å². The Balaban J connectivity index is 0.00000924. The van der Waals surface area contributed by atoms with Gasteiger partial charge in [0.1, 0.15) is 29.3 Å². The number of imidazole rings is 1. The second kappa shape index (κ2) is 33.6. The van der Waals surface area contributed by atoms with Gasteiger partial charge in [-0.1, -0.05) is 285 Å². The number of fused-ring (bicyclic) bond motifs is 1. The number of hydrogen-bond acceptors (Lipinski definition) is 10. The van der Waals surface area contributed by atoms with E-state index >= 15 is 0 Å². The standard InChI is InChI=1S/C67H82N5O6P.Na/c1-2-3-4-5-6-7-8-9-10-11-12-13-14-15-16-35-48-75-49-50-78-79(73,74)55-76-62(52-77-67(59-42-29-20-30-43-59,60-44-31-21-32-45-60)61-46-33-22-34-47-61)51-72-54-70-63-64(68-53-69-65(63)72)71-66(56-36-23-17-24-37-56,57-38-25-18-26-39-57)58-40-27-19-28-41-58;/h17-34,36-47,53-54,62H,2-16,35,48-52,55H2,1H3,(H,73,74)(H,68,69,71);/q;+1/p-1/t62-;/m0./s1. The summed E-state index contributed by atoms with van der Waals surface area (Å²) in [7, 11) is -4.50. The Bertz CT molecular complexity index is 2790. The molecule has 0 radical (unpaired) electrons. The Morgan fingerprint density at radius 1 is 0.525 bits per heavy atom. The molecule has 0 fully saturated rings. The number of unbranched alkanes of at least 4 members (excludes halogenated alkanes) is 15. The van der Waals surface area contributed by atoms with E-state index in [2.05, 4.69) is 48.6 Å². The van der Waals surface area contributed by atoms with Crippen LogP contribution in [0, 0.1) is 0 Å². The summed E-state index contributed by atoms with van der Waals surface area (Å²) in [4.78, 5) is 28.2. The van der Waals surface area contributed by atoms with Crippen molar-refractivity contribution in [3.8, 4) is 0 Å². The van der Waals surface area contributed by atoms with Crippen molar-refractivity contribution in [2.75, 3.05) is 38.1 Å². The molecule has 0 spiro atoms. The molecule has 80 heavy (non-hydrogen) atoms. The van der Waals surface area contributed by atoms with Crippen LogP contribution in [0.3, 0.4) is 0 Å². The molecule has 6 aromatic carbocycles.